The van der Waals surface area contributed by atoms with Gasteiger partial charge in [-0.1, -0.05) is 11.6 Å². The summed E-state index contributed by atoms with van der Waals surface area (Å²) in [6.07, 6.45) is 4.62. The Morgan fingerprint density at radius 3 is 2.87 bits per heavy atom. The van der Waals surface area contributed by atoms with E-state index < -0.39 is 0 Å². The smallest absolute Gasteiger partial charge is 0.264 e. The number of halogens is 1. The Morgan fingerprint density at radius 1 is 1.60 bits per heavy atom. The number of aryl methyl sites for hydroxylation is 1. The highest BCUT2D eigenvalue weighted by molar-refractivity contribution is 9.10. The van der Waals surface area contributed by atoms with Gasteiger partial charge in [0.15, 0.2) is 0 Å². The summed E-state index contributed by atoms with van der Waals surface area (Å²) >= 11 is 3.19. The van der Waals surface area contributed by atoms with Crippen molar-refractivity contribution in [1.29, 1.82) is 0 Å². The molecule has 82 valence electrons. The molecule has 0 unspecified atom stereocenters. The highest BCUT2D eigenvalue weighted by Crippen LogP contribution is 2.08. The fraction of sp³-hybridized carbons (Fsp3) is 0.364. The van der Waals surface area contributed by atoms with Gasteiger partial charge in [0.05, 0.1) is 4.47 Å². The molecule has 1 aromatic rings. The fourth-order valence-corrected chi connectivity index (χ4v) is 1.77. The molecule has 0 aliphatic rings. The number of nitrogens with zero attached hydrogens (tertiary/aromatic N) is 1. The first kappa shape index (κ1) is 12.0. The Hall–Kier alpha value is -1.03. The van der Waals surface area contributed by atoms with Crippen molar-refractivity contribution in [3.63, 3.8) is 0 Å². The third-order valence-electron chi connectivity index (χ3n) is 1.99. The van der Waals surface area contributed by atoms with E-state index in [0.717, 1.165) is 6.42 Å². The minimum absolute atomic E-state index is 0.0358. The summed E-state index contributed by atoms with van der Waals surface area (Å²) < 4.78 is 2.14. The number of aromatic nitrogens is 1. The number of pyridine rings is 1. The zero-order valence-electron chi connectivity index (χ0n) is 8.96. The van der Waals surface area contributed by atoms with Crippen LogP contribution in [0, 0.1) is 0 Å². The Bertz CT molecular complexity index is 431. The van der Waals surface area contributed by atoms with Crippen molar-refractivity contribution in [2.45, 2.75) is 26.8 Å². The number of hydrogen-bond acceptors (Lipinski definition) is 2. The van der Waals surface area contributed by atoms with E-state index in [9.17, 15) is 4.79 Å². The molecule has 0 bridgehead atoms. The molecule has 1 aromatic heterocycles. The van der Waals surface area contributed by atoms with E-state index in [0.29, 0.717) is 16.7 Å². The fourth-order valence-electron chi connectivity index (χ4n) is 1.28. The Labute approximate surface area is 97.7 Å². The Kier molecular flexibility index (Phi) is 4.15. The van der Waals surface area contributed by atoms with Gasteiger partial charge in [0.2, 0.25) is 0 Å². The van der Waals surface area contributed by atoms with E-state index in [1.807, 2.05) is 13.8 Å². The zero-order valence-corrected chi connectivity index (χ0v) is 10.5. The standard InChI is InChI=1S/C11H15BrN2O/c1-8(2)4-3-5-14-7-9(13)6-10(12)11(14)15/h4,6-7H,3,5,13H2,1-2H3. The molecule has 4 heteroatoms. The van der Waals surface area contributed by atoms with E-state index in [1.54, 1.807) is 16.8 Å². The monoisotopic (exact) mass is 270 g/mol. The lowest BCUT2D eigenvalue weighted by molar-refractivity contribution is 0.678. The molecule has 0 fully saturated rings. The van der Waals surface area contributed by atoms with E-state index in [2.05, 4.69) is 22.0 Å². The van der Waals surface area contributed by atoms with Crippen LogP contribution in [-0.4, -0.2) is 4.57 Å². The quantitative estimate of drug-likeness (QED) is 0.859. The molecule has 0 spiro atoms. The lowest BCUT2D eigenvalue weighted by Crippen LogP contribution is -2.20. The van der Waals surface area contributed by atoms with E-state index in [4.69, 9.17) is 5.73 Å². The predicted octanol–water partition coefficient (Wildman–Crippen LogP) is 2.55. The first-order valence-corrected chi connectivity index (χ1v) is 5.59. The second-order valence-corrected chi connectivity index (χ2v) is 4.54. The van der Waals surface area contributed by atoms with Crippen molar-refractivity contribution in [3.05, 3.63) is 38.7 Å². The minimum Gasteiger partial charge on any atom is -0.398 e. The summed E-state index contributed by atoms with van der Waals surface area (Å²) in [5, 5.41) is 0. The highest BCUT2D eigenvalue weighted by atomic mass is 79.9. The first-order chi connectivity index (χ1) is 7.00. The number of anilines is 1. The van der Waals surface area contributed by atoms with Gasteiger partial charge in [-0.25, -0.2) is 0 Å². The molecule has 0 saturated heterocycles. The van der Waals surface area contributed by atoms with Crippen LogP contribution in [0.15, 0.2) is 33.2 Å². The van der Waals surface area contributed by atoms with Gasteiger partial charge in [0.25, 0.3) is 5.56 Å². The lowest BCUT2D eigenvalue weighted by Gasteiger charge is -2.05. The van der Waals surface area contributed by atoms with Crippen molar-refractivity contribution >= 4 is 21.6 Å². The summed E-state index contributed by atoms with van der Waals surface area (Å²) in [6, 6.07) is 1.62. The normalized spacial score (nSPS) is 10.1. The molecular formula is C11H15BrN2O. The summed E-state index contributed by atoms with van der Waals surface area (Å²) in [5.74, 6) is 0. The van der Waals surface area contributed by atoms with Crippen LogP contribution in [0.25, 0.3) is 0 Å². The van der Waals surface area contributed by atoms with Crippen LogP contribution in [0.3, 0.4) is 0 Å². The summed E-state index contributed by atoms with van der Waals surface area (Å²) in [6.45, 7) is 4.74. The van der Waals surface area contributed by atoms with Crippen LogP contribution in [-0.2, 0) is 6.54 Å². The van der Waals surface area contributed by atoms with Crippen molar-refractivity contribution in [1.82, 2.24) is 4.57 Å². The van der Waals surface area contributed by atoms with E-state index in [1.165, 1.54) is 5.57 Å². The van der Waals surface area contributed by atoms with Gasteiger partial charge in [0.1, 0.15) is 0 Å². The Morgan fingerprint density at radius 2 is 2.27 bits per heavy atom. The van der Waals surface area contributed by atoms with E-state index >= 15 is 0 Å². The van der Waals surface area contributed by atoms with Crippen LogP contribution in [0.2, 0.25) is 0 Å². The maximum absolute atomic E-state index is 11.6. The minimum atomic E-state index is -0.0358. The number of nitrogens with two attached hydrogens (primary N) is 1. The zero-order chi connectivity index (χ0) is 11.4. The average Bonchev–Trinajstić information content (AvgIpc) is 2.12. The topological polar surface area (TPSA) is 48.0 Å². The van der Waals surface area contributed by atoms with Crippen molar-refractivity contribution in [2.75, 3.05) is 5.73 Å². The van der Waals surface area contributed by atoms with Crippen molar-refractivity contribution in [3.8, 4) is 0 Å². The van der Waals surface area contributed by atoms with Crippen LogP contribution >= 0.6 is 15.9 Å². The van der Waals surface area contributed by atoms with Crippen LogP contribution in [0.5, 0.6) is 0 Å². The summed E-state index contributed by atoms with van der Waals surface area (Å²) in [4.78, 5) is 11.6. The maximum atomic E-state index is 11.6. The first-order valence-electron chi connectivity index (χ1n) is 4.79. The molecule has 15 heavy (non-hydrogen) atoms. The molecule has 0 saturated carbocycles. The molecular weight excluding hydrogens is 256 g/mol. The third-order valence-corrected chi connectivity index (χ3v) is 2.55. The van der Waals surface area contributed by atoms with Crippen LogP contribution < -0.4 is 11.3 Å². The molecule has 3 nitrogen and oxygen atoms in total. The van der Waals surface area contributed by atoms with Crippen LogP contribution in [0.4, 0.5) is 5.69 Å². The SMILES string of the molecule is CC(C)=CCCn1cc(N)cc(Br)c1=O. The molecule has 0 amide bonds. The van der Waals surface area contributed by atoms with Gasteiger partial charge < -0.3 is 10.3 Å². The Balaban J connectivity index is 2.86. The second kappa shape index (κ2) is 5.16. The predicted molar refractivity (Wildman–Crippen MR) is 66.9 cm³/mol. The summed E-state index contributed by atoms with van der Waals surface area (Å²) in [5.41, 5.74) is 7.47. The molecule has 0 radical (unpaired) electrons. The second-order valence-electron chi connectivity index (χ2n) is 3.69. The third kappa shape index (κ3) is 3.55. The highest BCUT2D eigenvalue weighted by Gasteiger charge is 2.01. The van der Waals surface area contributed by atoms with Crippen molar-refractivity contribution < 1.29 is 0 Å². The maximum Gasteiger partial charge on any atom is 0.264 e. The largest absolute Gasteiger partial charge is 0.398 e. The number of nitrogen functional groups attached to an aromatic ring is 1. The molecule has 2 N–H and O–H groups in total. The van der Waals surface area contributed by atoms with Crippen molar-refractivity contribution in [2.24, 2.45) is 0 Å². The van der Waals surface area contributed by atoms with Crippen LogP contribution in [0.1, 0.15) is 20.3 Å². The average molecular weight is 271 g/mol. The molecule has 0 aliphatic heterocycles. The lowest BCUT2D eigenvalue weighted by atomic mass is 10.2. The van der Waals surface area contributed by atoms with Gasteiger partial charge in [-0.15, -0.1) is 0 Å². The van der Waals surface area contributed by atoms with Gasteiger partial charge in [0, 0.05) is 18.4 Å². The number of rotatable bonds is 3. The summed E-state index contributed by atoms with van der Waals surface area (Å²) in [7, 11) is 0. The van der Waals surface area contributed by atoms with Gasteiger partial charge in [-0.3, -0.25) is 4.79 Å². The number of hydrogen-bond donors (Lipinski definition) is 1. The van der Waals surface area contributed by atoms with Gasteiger partial charge >= 0.3 is 0 Å². The van der Waals surface area contributed by atoms with Gasteiger partial charge in [-0.05, 0) is 42.3 Å². The van der Waals surface area contributed by atoms with E-state index in [-0.39, 0.29) is 5.56 Å². The molecule has 0 aliphatic carbocycles. The number of allylic oxidation sites excluding steroid dienone is 2. The van der Waals surface area contributed by atoms with Gasteiger partial charge in [-0.2, -0.15) is 0 Å². The molecule has 0 aromatic carbocycles. The molecule has 1 rings (SSSR count). The molecule has 1 heterocycles. The molecule has 0 atom stereocenters.